The van der Waals surface area contributed by atoms with E-state index in [-0.39, 0.29) is 0 Å². The molecule has 0 aliphatic carbocycles. The van der Waals surface area contributed by atoms with Gasteiger partial charge in [0.15, 0.2) is 0 Å². The highest BCUT2D eigenvalue weighted by Gasteiger charge is 1.96. The molecule has 0 saturated carbocycles. The summed E-state index contributed by atoms with van der Waals surface area (Å²) >= 11 is 1.92. The summed E-state index contributed by atoms with van der Waals surface area (Å²) < 4.78 is 0. The average molecular weight is 102 g/mol. The second kappa shape index (κ2) is 3.60. The number of rotatable bonds is 2. The molecule has 0 unspecified atom stereocenters. The Morgan fingerprint density at radius 1 is 1.67 bits per heavy atom. The first-order chi connectivity index (χ1) is 2.81. The average Bonchev–Trinajstić information content (AvgIpc) is 1.65. The minimum absolute atomic E-state index is 0.852. The highest BCUT2D eigenvalue weighted by Crippen LogP contribution is 2.03. The van der Waals surface area contributed by atoms with Gasteiger partial charge in [0.1, 0.15) is 0 Å². The van der Waals surface area contributed by atoms with Gasteiger partial charge in [0.25, 0.3) is 0 Å². The van der Waals surface area contributed by atoms with Gasteiger partial charge in [0.05, 0.1) is 0 Å². The van der Waals surface area contributed by atoms with E-state index in [2.05, 4.69) is 20.0 Å². The molecule has 0 aromatic heterocycles. The lowest BCUT2D eigenvalue weighted by molar-refractivity contribution is 1.45. The molecule has 0 aromatic rings. The Bertz CT molecular complexity index is 26.7. The summed E-state index contributed by atoms with van der Waals surface area (Å²) in [4.78, 5) is 0. The van der Waals surface area contributed by atoms with Crippen molar-refractivity contribution in [1.29, 1.82) is 0 Å². The van der Waals surface area contributed by atoms with Crippen LogP contribution >= 0.6 is 11.6 Å². The van der Waals surface area contributed by atoms with Gasteiger partial charge in [-0.05, 0) is 6.26 Å². The first-order valence-electron chi connectivity index (χ1n) is 2.34. The minimum atomic E-state index is 0.852. The van der Waals surface area contributed by atoms with Crippen LogP contribution in [-0.2, 0) is 0 Å². The molecular formula is C4H11BS. The molecule has 0 spiro atoms. The molecule has 0 nitrogen and oxygen atoms in total. The van der Waals surface area contributed by atoms with Crippen LogP contribution in [0.4, 0.5) is 0 Å². The molecule has 0 saturated heterocycles. The van der Waals surface area contributed by atoms with Crippen molar-refractivity contribution in [2.75, 3.05) is 6.26 Å². The number of hydrogen-bond acceptors (Lipinski definition) is 1. The summed E-state index contributed by atoms with van der Waals surface area (Å²) in [6, 6.07) is 0. The Morgan fingerprint density at radius 2 is 2.17 bits per heavy atom. The van der Waals surface area contributed by atoms with E-state index >= 15 is 0 Å². The monoisotopic (exact) mass is 102 g/mol. The van der Waals surface area contributed by atoms with Crippen LogP contribution in [0.5, 0.6) is 0 Å². The van der Waals surface area contributed by atoms with Crippen LogP contribution in [0.3, 0.4) is 0 Å². The van der Waals surface area contributed by atoms with E-state index in [0.717, 1.165) is 5.99 Å². The third-order valence-electron chi connectivity index (χ3n) is 0.977. The van der Waals surface area contributed by atoms with E-state index in [1.165, 1.54) is 6.32 Å². The second-order valence-corrected chi connectivity index (χ2v) is 2.73. The highest BCUT2D eigenvalue weighted by atomic mass is 32.2. The number of hydrogen-bond donors (Lipinski definition) is 0. The van der Waals surface area contributed by atoms with Crippen molar-refractivity contribution < 1.29 is 0 Å². The van der Waals surface area contributed by atoms with Crippen molar-refractivity contribution in [1.82, 2.24) is 0 Å². The van der Waals surface area contributed by atoms with Gasteiger partial charge < -0.3 is 0 Å². The van der Waals surface area contributed by atoms with Gasteiger partial charge >= 0.3 is 0 Å². The van der Waals surface area contributed by atoms with E-state index in [4.69, 9.17) is 0 Å². The van der Waals surface area contributed by atoms with Crippen LogP contribution in [-0.4, -0.2) is 12.2 Å². The van der Waals surface area contributed by atoms with Crippen molar-refractivity contribution in [3.05, 3.63) is 0 Å². The second-order valence-electron chi connectivity index (χ2n) is 1.45. The van der Waals surface area contributed by atoms with Gasteiger partial charge in [-0.2, -0.15) is 0 Å². The Balaban J connectivity index is 2.75. The summed E-state index contributed by atoms with van der Waals surface area (Å²) in [5.74, 6) is 0.852. The Hall–Kier alpha value is 0.415. The molecule has 0 amide bonds. The zero-order valence-corrected chi connectivity index (χ0v) is 5.51. The fourth-order valence-electron chi connectivity index (χ4n) is 0.167. The molecule has 0 aliphatic rings. The maximum atomic E-state index is 2.24. The fourth-order valence-corrected chi connectivity index (χ4v) is 0.500. The normalized spacial score (nSPS) is 8.50. The molecule has 0 aromatic carbocycles. The molecule has 2 heteroatoms. The van der Waals surface area contributed by atoms with Gasteiger partial charge in [-0.15, -0.1) is 0 Å². The molecule has 0 bridgehead atoms. The van der Waals surface area contributed by atoms with Crippen molar-refractivity contribution in [2.45, 2.75) is 20.1 Å². The van der Waals surface area contributed by atoms with Gasteiger partial charge in [0, 0.05) is 0 Å². The van der Waals surface area contributed by atoms with E-state index in [1.54, 1.807) is 0 Å². The Morgan fingerprint density at radius 3 is 2.17 bits per heavy atom. The molecule has 0 N–H and O–H groups in total. The fraction of sp³-hybridized carbons (Fsp3) is 1.00. The van der Waals surface area contributed by atoms with Gasteiger partial charge in [-0.25, -0.2) is 11.6 Å². The van der Waals surface area contributed by atoms with Crippen LogP contribution < -0.4 is 0 Å². The van der Waals surface area contributed by atoms with Crippen LogP contribution in [0.25, 0.3) is 0 Å². The van der Waals surface area contributed by atoms with Crippen LogP contribution in [0.15, 0.2) is 0 Å². The topological polar surface area (TPSA) is 0 Å². The van der Waals surface area contributed by atoms with Crippen LogP contribution in [0, 0.1) is 0 Å². The minimum Gasteiger partial charge on any atom is -0.214 e. The molecule has 0 atom stereocenters. The van der Waals surface area contributed by atoms with Crippen molar-refractivity contribution in [2.24, 2.45) is 0 Å². The Labute approximate surface area is 44.7 Å². The molecule has 0 aliphatic heterocycles. The standard InChI is InChI=1S/C4H11BS/c1-4-5(2)6-3/h4H2,1-3H3. The third-order valence-corrected chi connectivity index (χ3v) is 2.12. The van der Waals surface area contributed by atoms with Crippen molar-refractivity contribution in [3.63, 3.8) is 0 Å². The van der Waals surface area contributed by atoms with Crippen LogP contribution in [0.1, 0.15) is 6.92 Å². The summed E-state index contributed by atoms with van der Waals surface area (Å²) in [5, 5.41) is 0. The molecule has 0 radical (unpaired) electrons. The lowest BCUT2D eigenvalue weighted by Crippen LogP contribution is -1.94. The van der Waals surface area contributed by atoms with E-state index in [1.807, 2.05) is 11.6 Å². The van der Waals surface area contributed by atoms with Gasteiger partial charge in [-0.3, -0.25) is 0 Å². The summed E-state index contributed by atoms with van der Waals surface area (Å²) in [6.07, 6.45) is 3.44. The SMILES string of the molecule is CCB(C)SC. The molecule has 0 heterocycles. The zero-order chi connectivity index (χ0) is 4.99. The first kappa shape index (κ1) is 6.41. The molecular weight excluding hydrogens is 90.9 g/mol. The predicted octanol–water partition coefficient (Wildman–Crippen LogP) is 1.99. The molecule has 0 fully saturated rings. The van der Waals surface area contributed by atoms with Crippen molar-refractivity contribution in [3.8, 4) is 0 Å². The quantitative estimate of drug-likeness (QED) is 0.480. The summed E-state index contributed by atoms with van der Waals surface area (Å²) in [7, 11) is 0. The lowest BCUT2D eigenvalue weighted by atomic mass is 9.77. The highest BCUT2D eigenvalue weighted by molar-refractivity contribution is 8.24. The third kappa shape index (κ3) is 2.64. The molecule has 0 rings (SSSR count). The smallest absolute Gasteiger partial charge is 0.205 e. The van der Waals surface area contributed by atoms with Crippen LogP contribution in [0.2, 0.25) is 13.1 Å². The lowest BCUT2D eigenvalue weighted by Gasteiger charge is -1.93. The van der Waals surface area contributed by atoms with E-state index in [9.17, 15) is 0 Å². The summed E-state index contributed by atoms with van der Waals surface area (Å²) in [5.41, 5.74) is 0. The first-order valence-corrected chi connectivity index (χ1v) is 3.62. The molecule has 6 heavy (non-hydrogen) atoms. The Kier molecular flexibility index (Phi) is 3.85. The van der Waals surface area contributed by atoms with Crippen molar-refractivity contribution >= 4 is 17.6 Å². The van der Waals surface area contributed by atoms with E-state index in [0.29, 0.717) is 0 Å². The van der Waals surface area contributed by atoms with E-state index < -0.39 is 0 Å². The maximum absolute atomic E-state index is 2.24. The largest absolute Gasteiger partial charge is 0.214 e. The summed E-state index contributed by atoms with van der Waals surface area (Å²) in [6.45, 7) is 4.45. The molecule has 36 valence electrons. The van der Waals surface area contributed by atoms with Gasteiger partial charge in [0.2, 0.25) is 5.99 Å². The zero-order valence-electron chi connectivity index (χ0n) is 4.69. The van der Waals surface area contributed by atoms with Gasteiger partial charge in [-0.1, -0.05) is 20.1 Å². The maximum Gasteiger partial charge on any atom is 0.205 e. The predicted molar refractivity (Wildman–Crippen MR) is 35.6 cm³/mol.